The lowest BCUT2D eigenvalue weighted by Crippen LogP contribution is -2.50. The minimum atomic E-state index is -0.461. The zero-order valence-electron chi connectivity index (χ0n) is 13.5. The Kier molecular flexibility index (Phi) is 4.02. The van der Waals surface area contributed by atoms with Crippen LogP contribution >= 0.6 is 0 Å². The van der Waals surface area contributed by atoms with Crippen molar-refractivity contribution in [2.75, 3.05) is 36.8 Å². The first-order chi connectivity index (χ1) is 9.69. The molecule has 1 amide bonds. The Bertz CT molecular complexity index is 524. The number of ether oxygens (including phenoxy) is 1. The molecule has 0 aliphatic carbocycles. The summed E-state index contributed by atoms with van der Waals surface area (Å²) in [6.45, 7) is 10.2. The van der Waals surface area contributed by atoms with Crippen molar-refractivity contribution >= 4 is 17.6 Å². The van der Waals surface area contributed by atoms with E-state index in [-0.39, 0.29) is 6.09 Å². The molecule has 2 heterocycles. The minimum Gasteiger partial charge on any atom is -0.444 e. The molecule has 7 heteroatoms. The van der Waals surface area contributed by atoms with E-state index in [0.717, 1.165) is 24.6 Å². The van der Waals surface area contributed by atoms with Crippen LogP contribution in [0.2, 0.25) is 0 Å². The predicted octanol–water partition coefficient (Wildman–Crippen LogP) is 1.37. The highest BCUT2D eigenvalue weighted by Crippen LogP contribution is 2.26. The van der Waals surface area contributed by atoms with Crippen molar-refractivity contribution in [3.8, 4) is 0 Å². The maximum absolute atomic E-state index is 12.0. The van der Waals surface area contributed by atoms with Crippen molar-refractivity contribution in [3.63, 3.8) is 0 Å². The highest BCUT2D eigenvalue weighted by atomic mass is 16.6. The average molecular weight is 295 g/mol. The van der Waals surface area contributed by atoms with Crippen LogP contribution in [-0.2, 0) is 11.8 Å². The molecule has 118 valence electrons. The molecule has 1 aliphatic rings. The van der Waals surface area contributed by atoms with Crippen molar-refractivity contribution in [1.82, 2.24) is 14.7 Å². The largest absolute Gasteiger partial charge is 0.444 e. The Morgan fingerprint density at radius 2 is 1.81 bits per heavy atom. The lowest BCUT2D eigenvalue weighted by molar-refractivity contribution is 0.0240. The topological polar surface area (TPSA) is 76.6 Å². The first-order valence-corrected chi connectivity index (χ1v) is 7.21. The smallest absolute Gasteiger partial charge is 0.410 e. The molecule has 0 saturated carbocycles. The molecule has 0 atom stereocenters. The van der Waals surface area contributed by atoms with Gasteiger partial charge in [0, 0.05) is 33.2 Å². The fourth-order valence-corrected chi connectivity index (χ4v) is 2.46. The Hall–Kier alpha value is -1.92. The summed E-state index contributed by atoms with van der Waals surface area (Å²) in [5.41, 5.74) is 7.17. The van der Waals surface area contributed by atoms with Gasteiger partial charge in [-0.15, -0.1) is 0 Å². The third-order valence-corrected chi connectivity index (χ3v) is 3.47. The summed E-state index contributed by atoms with van der Waals surface area (Å²) in [6.07, 6.45) is -0.253. The van der Waals surface area contributed by atoms with Gasteiger partial charge in [0.05, 0.1) is 11.4 Å². The molecule has 1 aliphatic heterocycles. The number of aryl methyl sites for hydroxylation is 2. The molecule has 0 bridgehead atoms. The summed E-state index contributed by atoms with van der Waals surface area (Å²) < 4.78 is 7.20. The number of carbonyl (C=O) groups is 1. The van der Waals surface area contributed by atoms with Gasteiger partial charge in [0.1, 0.15) is 5.60 Å². The van der Waals surface area contributed by atoms with Crippen molar-refractivity contribution in [1.29, 1.82) is 0 Å². The third kappa shape index (κ3) is 3.40. The van der Waals surface area contributed by atoms with Gasteiger partial charge in [-0.1, -0.05) is 0 Å². The van der Waals surface area contributed by atoms with Gasteiger partial charge >= 0.3 is 6.09 Å². The van der Waals surface area contributed by atoms with E-state index in [2.05, 4.69) is 10.00 Å². The number of amides is 1. The fraction of sp³-hybridized carbons (Fsp3) is 0.714. The van der Waals surface area contributed by atoms with Crippen LogP contribution in [0.3, 0.4) is 0 Å². The molecule has 0 radical (unpaired) electrons. The van der Waals surface area contributed by atoms with E-state index in [0.29, 0.717) is 18.8 Å². The van der Waals surface area contributed by atoms with Gasteiger partial charge in [-0.2, -0.15) is 5.10 Å². The standard InChI is InChI=1S/C14H25N5O2/c1-10-11(15)12(17(5)16-10)18-6-8-19(9-7-18)13(20)21-14(2,3)4/h6-9,15H2,1-5H3. The number of aromatic nitrogens is 2. The van der Waals surface area contributed by atoms with E-state index in [9.17, 15) is 4.79 Å². The molecule has 2 N–H and O–H groups in total. The van der Waals surface area contributed by atoms with E-state index >= 15 is 0 Å². The SMILES string of the molecule is Cc1nn(C)c(N2CCN(C(=O)OC(C)(C)C)CC2)c1N. The number of hydrogen-bond donors (Lipinski definition) is 1. The number of anilines is 2. The van der Waals surface area contributed by atoms with E-state index in [1.807, 2.05) is 34.7 Å². The first kappa shape index (κ1) is 15.5. The van der Waals surface area contributed by atoms with Crippen molar-refractivity contribution in [2.45, 2.75) is 33.3 Å². The quantitative estimate of drug-likeness (QED) is 0.846. The normalized spacial score (nSPS) is 16.2. The molecular weight excluding hydrogens is 270 g/mol. The number of nitrogen functional groups attached to an aromatic ring is 1. The zero-order valence-corrected chi connectivity index (χ0v) is 13.5. The van der Waals surface area contributed by atoms with Crippen LogP contribution in [0, 0.1) is 6.92 Å². The fourth-order valence-electron chi connectivity index (χ4n) is 2.46. The number of nitrogens with two attached hydrogens (primary N) is 1. The van der Waals surface area contributed by atoms with E-state index < -0.39 is 5.60 Å². The Morgan fingerprint density at radius 3 is 2.24 bits per heavy atom. The van der Waals surface area contributed by atoms with Gasteiger partial charge in [-0.3, -0.25) is 4.68 Å². The molecule has 7 nitrogen and oxygen atoms in total. The number of nitrogens with zero attached hydrogens (tertiary/aromatic N) is 4. The molecule has 1 aromatic heterocycles. The predicted molar refractivity (Wildman–Crippen MR) is 82.4 cm³/mol. The summed E-state index contributed by atoms with van der Waals surface area (Å²) in [5, 5.41) is 4.33. The van der Waals surface area contributed by atoms with Crippen molar-refractivity contribution in [3.05, 3.63) is 5.69 Å². The summed E-state index contributed by atoms with van der Waals surface area (Å²) in [5.74, 6) is 0.927. The molecule has 2 rings (SSSR count). The van der Waals surface area contributed by atoms with Gasteiger partial charge in [-0.25, -0.2) is 4.79 Å². The molecule has 0 aromatic carbocycles. The number of piperazine rings is 1. The highest BCUT2D eigenvalue weighted by Gasteiger charge is 2.28. The Labute approximate surface area is 125 Å². The zero-order chi connectivity index (χ0) is 15.8. The Morgan fingerprint density at radius 1 is 1.24 bits per heavy atom. The van der Waals surface area contributed by atoms with E-state index in [4.69, 9.17) is 10.5 Å². The maximum Gasteiger partial charge on any atom is 0.410 e. The van der Waals surface area contributed by atoms with Crippen LogP contribution < -0.4 is 10.6 Å². The van der Waals surface area contributed by atoms with E-state index in [1.54, 1.807) is 9.58 Å². The second-order valence-electron chi connectivity index (χ2n) is 6.40. The van der Waals surface area contributed by atoms with Gasteiger partial charge in [0.15, 0.2) is 5.82 Å². The summed E-state index contributed by atoms with van der Waals surface area (Å²) in [4.78, 5) is 15.9. The summed E-state index contributed by atoms with van der Waals surface area (Å²) >= 11 is 0. The van der Waals surface area contributed by atoms with Crippen LogP contribution in [0.4, 0.5) is 16.3 Å². The third-order valence-electron chi connectivity index (χ3n) is 3.47. The van der Waals surface area contributed by atoms with Crippen molar-refractivity contribution in [2.24, 2.45) is 7.05 Å². The second-order valence-corrected chi connectivity index (χ2v) is 6.40. The van der Waals surface area contributed by atoms with Crippen LogP contribution in [0.25, 0.3) is 0 Å². The number of rotatable bonds is 1. The van der Waals surface area contributed by atoms with Gasteiger partial charge in [-0.05, 0) is 27.7 Å². The highest BCUT2D eigenvalue weighted by molar-refractivity contribution is 5.70. The van der Waals surface area contributed by atoms with Crippen LogP contribution in [-0.4, -0.2) is 52.6 Å². The second kappa shape index (κ2) is 5.46. The molecule has 0 unspecified atom stereocenters. The van der Waals surface area contributed by atoms with Crippen molar-refractivity contribution < 1.29 is 9.53 Å². The summed E-state index contributed by atoms with van der Waals surface area (Å²) in [7, 11) is 1.89. The summed E-state index contributed by atoms with van der Waals surface area (Å²) in [6, 6.07) is 0. The molecular formula is C14H25N5O2. The first-order valence-electron chi connectivity index (χ1n) is 7.21. The molecule has 1 fully saturated rings. The molecule has 21 heavy (non-hydrogen) atoms. The lowest BCUT2D eigenvalue weighted by Gasteiger charge is -2.36. The number of carbonyl (C=O) groups excluding carboxylic acids is 1. The molecule has 1 aromatic rings. The Balaban J connectivity index is 1.99. The lowest BCUT2D eigenvalue weighted by atomic mass is 10.2. The molecule has 0 spiro atoms. The van der Waals surface area contributed by atoms with Crippen LogP contribution in [0.5, 0.6) is 0 Å². The van der Waals surface area contributed by atoms with E-state index in [1.165, 1.54) is 0 Å². The number of hydrogen-bond acceptors (Lipinski definition) is 5. The molecule has 1 saturated heterocycles. The van der Waals surface area contributed by atoms with Crippen LogP contribution in [0.15, 0.2) is 0 Å². The van der Waals surface area contributed by atoms with Gasteiger partial charge in [0.2, 0.25) is 0 Å². The monoisotopic (exact) mass is 295 g/mol. The average Bonchev–Trinajstić information content (AvgIpc) is 2.61. The van der Waals surface area contributed by atoms with Gasteiger partial charge < -0.3 is 20.3 Å². The minimum absolute atomic E-state index is 0.253. The van der Waals surface area contributed by atoms with Gasteiger partial charge in [0.25, 0.3) is 0 Å². The van der Waals surface area contributed by atoms with Crippen LogP contribution in [0.1, 0.15) is 26.5 Å². The maximum atomic E-state index is 12.0.